The molecule has 15 heavy (non-hydrogen) atoms. The third-order valence-corrected chi connectivity index (χ3v) is 3.76. The molecule has 1 aromatic rings. The first-order valence-electron chi connectivity index (χ1n) is 6.11. The highest BCUT2D eigenvalue weighted by atomic mass is 32.1. The Morgan fingerprint density at radius 1 is 1.27 bits per heavy atom. The second kappa shape index (κ2) is 7.89. The molecule has 1 aromatic heterocycles. The van der Waals surface area contributed by atoms with E-state index in [2.05, 4.69) is 36.7 Å². The Morgan fingerprint density at radius 3 is 2.73 bits per heavy atom. The van der Waals surface area contributed by atoms with Crippen molar-refractivity contribution in [3.8, 4) is 0 Å². The van der Waals surface area contributed by atoms with Crippen LogP contribution in [0.2, 0.25) is 0 Å². The van der Waals surface area contributed by atoms with E-state index in [1.807, 2.05) is 11.3 Å². The van der Waals surface area contributed by atoms with E-state index in [-0.39, 0.29) is 0 Å². The van der Waals surface area contributed by atoms with Gasteiger partial charge in [0, 0.05) is 10.9 Å². The highest BCUT2D eigenvalue weighted by molar-refractivity contribution is 7.10. The van der Waals surface area contributed by atoms with Gasteiger partial charge in [0.1, 0.15) is 0 Å². The van der Waals surface area contributed by atoms with Gasteiger partial charge in [0.25, 0.3) is 0 Å². The third-order valence-electron chi connectivity index (χ3n) is 2.70. The number of hydrogen-bond acceptors (Lipinski definition) is 2. The summed E-state index contributed by atoms with van der Waals surface area (Å²) in [6, 6.07) is 4.86. The van der Waals surface area contributed by atoms with Crippen molar-refractivity contribution >= 4 is 11.3 Å². The standard InChI is InChI=1S/C13H23NS/c1-3-4-5-6-7-10-14-12(2)13-9-8-11-15-13/h8-9,11-12,14H,3-7,10H2,1-2H3. The molecule has 0 aliphatic carbocycles. The molecular formula is C13H23NS. The van der Waals surface area contributed by atoms with Crippen LogP contribution in [-0.4, -0.2) is 6.54 Å². The van der Waals surface area contributed by atoms with Crippen molar-refractivity contribution in [1.82, 2.24) is 5.32 Å². The van der Waals surface area contributed by atoms with Crippen molar-refractivity contribution < 1.29 is 0 Å². The molecule has 1 atom stereocenters. The molecule has 0 amide bonds. The molecule has 0 saturated carbocycles. The fourth-order valence-electron chi connectivity index (χ4n) is 1.69. The number of rotatable bonds is 8. The quantitative estimate of drug-likeness (QED) is 0.648. The van der Waals surface area contributed by atoms with Gasteiger partial charge in [-0.2, -0.15) is 0 Å². The van der Waals surface area contributed by atoms with Crippen molar-refractivity contribution in [2.75, 3.05) is 6.54 Å². The van der Waals surface area contributed by atoms with E-state index in [9.17, 15) is 0 Å². The molecule has 1 nitrogen and oxygen atoms in total. The summed E-state index contributed by atoms with van der Waals surface area (Å²) >= 11 is 1.84. The molecule has 2 heteroatoms. The van der Waals surface area contributed by atoms with Crippen LogP contribution in [-0.2, 0) is 0 Å². The fraction of sp³-hybridized carbons (Fsp3) is 0.692. The zero-order valence-electron chi connectivity index (χ0n) is 9.96. The maximum atomic E-state index is 3.57. The van der Waals surface area contributed by atoms with E-state index in [1.165, 1.54) is 37.0 Å². The van der Waals surface area contributed by atoms with Crippen molar-refractivity contribution in [3.63, 3.8) is 0 Å². The second-order valence-corrected chi connectivity index (χ2v) is 5.08. The van der Waals surface area contributed by atoms with Crippen LogP contribution in [0.15, 0.2) is 17.5 Å². The van der Waals surface area contributed by atoms with Gasteiger partial charge in [0.15, 0.2) is 0 Å². The molecule has 1 N–H and O–H groups in total. The minimum atomic E-state index is 0.524. The van der Waals surface area contributed by atoms with E-state index in [1.54, 1.807) is 0 Å². The summed E-state index contributed by atoms with van der Waals surface area (Å²) in [4.78, 5) is 1.45. The maximum Gasteiger partial charge on any atom is 0.0386 e. The Labute approximate surface area is 97.9 Å². The molecule has 1 heterocycles. The fourth-order valence-corrected chi connectivity index (χ4v) is 2.44. The summed E-state index contributed by atoms with van der Waals surface area (Å²) in [5, 5.41) is 5.72. The average molecular weight is 225 g/mol. The summed E-state index contributed by atoms with van der Waals surface area (Å²) in [6.45, 7) is 5.66. The number of hydrogen-bond donors (Lipinski definition) is 1. The summed E-state index contributed by atoms with van der Waals surface area (Å²) < 4.78 is 0. The van der Waals surface area contributed by atoms with Crippen LogP contribution in [0.1, 0.15) is 56.9 Å². The monoisotopic (exact) mass is 225 g/mol. The largest absolute Gasteiger partial charge is 0.309 e. The van der Waals surface area contributed by atoms with Crippen LogP contribution < -0.4 is 5.32 Å². The van der Waals surface area contributed by atoms with Gasteiger partial charge in [0.2, 0.25) is 0 Å². The van der Waals surface area contributed by atoms with Gasteiger partial charge in [-0.15, -0.1) is 11.3 Å². The SMILES string of the molecule is CCCCCCCNC(C)c1cccs1. The smallest absolute Gasteiger partial charge is 0.0386 e. The average Bonchev–Trinajstić information content (AvgIpc) is 2.76. The van der Waals surface area contributed by atoms with Crippen molar-refractivity contribution in [1.29, 1.82) is 0 Å². The van der Waals surface area contributed by atoms with E-state index >= 15 is 0 Å². The van der Waals surface area contributed by atoms with Gasteiger partial charge in [-0.25, -0.2) is 0 Å². The summed E-state index contributed by atoms with van der Waals surface area (Å²) in [5.41, 5.74) is 0. The summed E-state index contributed by atoms with van der Waals surface area (Å²) in [7, 11) is 0. The molecule has 86 valence electrons. The first-order valence-corrected chi connectivity index (χ1v) is 6.99. The van der Waals surface area contributed by atoms with E-state index in [4.69, 9.17) is 0 Å². The minimum absolute atomic E-state index is 0.524. The molecule has 0 saturated heterocycles. The topological polar surface area (TPSA) is 12.0 Å². The Kier molecular flexibility index (Phi) is 6.69. The molecule has 0 bridgehead atoms. The Balaban J connectivity index is 2.00. The van der Waals surface area contributed by atoms with Gasteiger partial charge in [-0.1, -0.05) is 38.7 Å². The highest BCUT2D eigenvalue weighted by Crippen LogP contribution is 2.17. The predicted molar refractivity (Wildman–Crippen MR) is 69.5 cm³/mol. The van der Waals surface area contributed by atoms with E-state index < -0.39 is 0 Å². The number of thiophene rings is 1. The molecular weight excluding hydrogens is 202 g/mol. The van der Waals surface area contributed by atoms with Crippen molar-refractivity contribution in [2.45, 2.75) is 52.0 Å². The third kappa shape index (κ3) is 5.33. The minimum Gasteiger partial charge on any atom is -0.309 e. The van der Waals surface area contributed by atoms with Crippen LogP contribution in [0.5, 0.6) is 0 Å². The van der Waals surface area contributed by atoms with Crippen molar-refractivity contribution in [3.05, 3.63) is 22.4 Å². The lowest BCUT2D eigenvalue weighted by Gasteiger charge is -2.11. The lowest BCUT2D eigenvalue weighted by molar-refractivity contribution is 0.536. The van der Waals surface area contributed by atoms with E-state index in [0.717, 1.165) is 6.54 Å². The Hall–Kier alpha value is -0.340. The van der Waals surface area contributed by atoms with Gasteiger partial charge in [-0.3, -0.25) is 0 Å². The molecule has 0 spiro atoms. The molecule has 0 aromatic carbocycles. The van der Waals surface area contributed by atoms with Crippen LogP contribution in [0, 0.1) is 0 Å². The molecule has 0 aliphatic rings. The molecule has 0 radical (unpaired) electrons. The predicted octanol–water partition coefficient (Wildman–Crippen LogP) is 4.37. The zero-order valence-corrected chi connectivity index (χ0v) is 10.8. The molecule has 1 unspecified atom stereocenters. The first kappa shape index (κ1) is 12.7. The Bertz CT molecular complexity index is 231. The number of nitrogens with one attached hydrogen (secondary N) is 1. The number of unbranched alkanes of at least 4 members (excludes halogenated alkanes) is 4. The van der Waals surface area contributed by atoms with Gasteiger partial charge in [0.05, 0.1) is 0 Å². The maximum absolute atomic E-state index is 3.57. The van der Waals surface area contributed by atoms with Crippen molar-refractivity contribution in [2.24, 2.45) is 0 Å². The Morgan fingerprint density at radius 2 is 2.07 bits per heavy atom. The van der Waals surface area contributed by atoms with Crippen LogP contribution in [0.4, 0.5) is 0 Å². The van der Waals surface area contributed by atoms with Gasteiger partial charge >= 0.3 is 0 Å². The molecule has 0 aliphatic heterocycles. The zero-order chi connectivity index (χ0) is 10.9. The van der Waals surface area contributed by atoms with Gasteiger partial charge < -0.3 is 5.32 Å². The summed E-state index contributed by atoms with van der Waals surface area (Å²) in [5.74, 6) is 0. The van der Waals surface area contributed by atoms with Crippen LogP contribution >= 0.6 is 11.3 Å². The molecule has 1 rings (SSSR count). The lowest BCUT2D eigenvalue weighted by Crippen LogP contribution is -2.18. The molecule has 0 fully saturated rings. The highest BCUT2D eigenvalue weighted by Gasteiger charge is 2.03. The van der Waals surface area contributed by atoms with Crippen LogP contribution in [0.3, 0.4) is 0 Å². The lowest BCUT2D eigenvalue weighted by atomic mass is 10.1. The van der Waals surface area contributed by atoms with Gasteiger partial charge in [-0.05, 0) is 31.3 Å². The second-order valence-electron chi connectivity index (χ2n) is 4.11. The normalized spacial score (nSPS) is 12.9. The summed E-state index contributed by atoms with van der Waals surface area (Å²) in [6.07, 6.45) is 6.80. The van der Waals surface area contributed by atoms with Crippen LogP contribution in [0.25, 0.3) is 0 Å². The first-order chi connectivity index (χ1) is 7.34. The van der Waals surface area contributed by atoms with E-state index in [0.29, 0.717) is 6.04 Å².